The van der Waals surface area contributed by atoms with Gasteiger partial charge in [0.25, 0.3) is 0 Å². The normalized spacial score (nSPS) is 19.5. The number of allylic oxidation sites excluding steroid dienone is 2. The Kier molecular flexibility index (Phi) is 9.26. The summed E-state index contributed by atoms with van der Waals surface area (Å²) in [5, 5.41) is 0. The van der Waals surface area contributed by atoms with Crippen LogP contribution in [0.15, 0.2) is 58.5 Å². The van der Waals surface area contributed by atoms with Crippen molar-refractivity contribution >= 4 is 11.8 Å². The number of benzene rings is 1. The molecule has 1 aromatic carbocycles. The summed E-state index contributed by atoms with van der Waals surface area (Å²) in [4.78, 5) is 1.34. The molecule has 0 saturated carbocycles. The molecule has 2 rings (SSSR count). The van der Waals surface area contributed by atoms with E-state index in [1.165, 1.54) is 28.9 Å². The van der Waals surface area contributed by atoms with Gasteiger partial charge in [-0.1, -0.05) is 41.5 Å². The Labute approximate surface area is 151 Å². The number of rotatable bonds is 9. The summed E-state index contributed by atoms with van der Waals surface area (Å²) in [5.74, 6) is 1.06. The van der Waals surface area contributed by atoms with E-state index in [1.807, 2.05) is 11.8 Å². The molecule has 0 spiro atoms. The van der Waals surface area contributed by atoms with E-state index in [4.69, 9.17) is 9.47 Å². The van der Waals surface area contributed by atoms with Crippen molar-refractivity contribution in [3.63, 3.8) is 0 Å². The van der Waals surface area contributed by atoms with Crippen molar-refractivity contribution in [1.82, 2.24) is 0 Å². The quantitative estimate of drug-likeness (QED) is 0.404. The summed E-state index contributed by atoms with van der Waals surface area (Å²) in [6.45, 7) is 5.92. The molecule has 0 amide bonds. The van der Waals surface area contributed by atoms with Gasteiger partial charge in [-0.3, -0.25) is 0 Å². The average Bonchev–Trinajstić information content (AvgIpc) is 2.62. The van der Waals surface area contributed by atoms with Crippen LogP contribution in [-0.2, 0) is 9.47 Å². The lowest BCUT2D eigenvalue weighted by Crippen LogP contribution is -2.22. The van der Waals surface area contributed by atoms with E-state index in [0.717, 1.165) is 31.6 Å². The lowest BCUT2D eigenvalue weighted by atomic mass is 10.1. The van der Waals surface area contributed by atoms with E-state index in [2.05, 4.69) is 56.3 Å². The van der Waals surface area contributed by atoms with Crippen molar-refractivity contribution in [2.24, 2.45) is 0 Å². The van der Waals surface area contributed by atoms with Crippen molar-refractivity contribution < 1.29 is 9.47 Å². The maximum atomic E-state index is 5.75. The van der Waals surface area contributed by atoms with E-state index in [9.17, 15) is 0 Å². The first-order chi connectivity index (χ1) is 11.7. The summed E-state index contributed by atoms with van der Waals surface area (Å²) in [6, 6.07) is 10.6. The van der Waals surface area contributed by atoms with Crippen molar-refractivity contribution in [2.45, 2.75) is 57.1 Å². The van der Waals surface area contributed by atoms with Gasteiger partial charge in [0, 0.05) is 17.3 Å². The molecule has 1 unspecified atom stereocenters. The van der Waals surface area contributed by atoms with Gasteiger partial charge in [-0.25, -0.2) is 0 Å². The van der Waals surface area contributed by atoms with Crippen LogP contribution >= 0.6 is 11.8 Å². The summed E-state index contributed by atoms with van der Waals surface area (Å²) in [7, 11) is 0. The first-order valence-corrected chi connectivity index (χ1v) is 9.95. The van der Waals surface area contributed by atoms with Crippen LogP contribution in [0.5, 0.6) is 0 Å². The first-order valence-electron chi connectivity index (χ1n) is 8.96. The summed E-state index contributed by atoms with van der Waals surface area (Å²) >= 11 is 1.90. The number of thioether (sulfide) groups is 1. The van der Waals surface area contributed by atoms with Gasteiger partial charge in [0.2, 0.25) is 0 Å². The maximum absolute atomic E-state index is 5.75. The minimum absolute atomic E-state index is 0.0138. The Morgan fingerprint density at radius 1 is 1.17 bits per heavy atom. The van der Waals surface area contributed by atoms with Crippen LogP contribution in [0.4, 0.5) is 0 Å². The molecule has 1 fully saturated rings. The molecule has 0 bridgehead atoms. The standard InChI is InChI=1S/C21H30O2S/c1-18(14-16-23-21-13-6-7-15-22-21)9-8-10-19(2)17-24-20-11-4-3-5-12-20/h3-5,10-12,14,21H,6-9,13,15-17H2,1-2H3/b18-14+,19-10+. The fraction of sp³-hybridized carbons (Fsp3) is 0.524. The van der Waals surface area contributed by atoms with Crippen molar-refractivity contribution in [3.8, 4) is 0 Å². The molecule has 1 atom stereocenters. The molecular formula is C21H30O2S. The molecule has 1 heterocycles. The third kappa shape index (κ3) is 8.18. The smallest absolute Gasteiger partial charge is 0.157 e. The van der Waals surface area contributed by atoms with Crippen LogP contribution < -0.4 is 0 Å². The highest BCUT2D eigenvalue weighted by molar-refractivity contribution is 7.99. The highest BCUT2D eigenvalue weighted by Crippen LogP contribution is 2.20. The molecule has 0 aliphatic carbocycles. The summed E-state index contributed by atoms with van der Waals surface area (Å²) in [6.07, 6.45) is 10.2. The van der Waals surface area contributed by atoms with Crippen LogP contribution in [0.1, 0.15) is 46.0 Å². The molecule has 2 nitrogen and oxygen atoms in total. The molecule has 132 valence electrons. The molecule has 1 aromatic rings. The molecule has 0 N–H and O–H groups in total. The lowest BCUT2D eigenvalue weighted by molar-refractivity contribution is -0.155. The molecule has 0 aromatic heterocycles. The van der Waals surface area contributed by atoms with Crippen LogP contribution in [0.2, 0.25) is 0 Å². The highest BCUT2D eigenvalue weighted by atomic mass is 32.2. The highest BCUT2D eigenvalue weighted by Gasteiger charge is 2.12. The van der Waals surface area contributed by atoms with E-state index >= 15 is 0 Å². The lowest BCUT2D eigenvalue weighted by Gasteiger charge is -2.22. The zero-order valence-electron chi connectivity index (χ0n) is 15.0. The van der Waals surface area contributed by atoms with Crippen molar-refractivity contribution in [3.05, 3.63) is 53.6 Å². The predicted molar refractivity (Wildman–Crippen MR) is 103 cm³/mol. The van der Waals surface area contributed by atoms with Gasteiger partial charge in [-0.2, -0.15) is 0 Å². The zero-order valence-corrected chi connectivity index (χ0v) is 15.8. The second-order valence-corrected chi connectivity index (χ2v) is 7.42. The maximum Gasteiger partial charge on any atom is 0.157 e. The largest absolute Gasteiger partial charge is 0.353 e. The number of hydrogen-bond donors (Lipinski definition) is 0. The fourth-order valence-corrected chi connectivity index (χ4v) is 3.42. The third-order valence-electron chi connectivity index (χ3n) is 4.09. The van der Waals surface area contributed by atoms with Gasteiger partial charge in [0.1, 0.15) is 0 Å². The zero-order chi connectivity index (χ0) is 17.0. The second-order valence-electron chi connectivity index (χ2n) is 6.37. The van der Waals surface area contributed by atoms with Gasteiger partial charge in [-0.15, -0.1) is 11.8 Å². The summed E-state index contributed by atoms with van der Waals surface area (Å²) < 4.78 is 11.3. The van der Waals surface area contributed by atoms with Crippen LogP contribution in [-0.4, -0.2) is 25.3 Å². The molecule has 1 aliphatic rings. The minimum Gasteiger partial charge on any atom is -0.353 e. The van der Waals surface area contributed by atoms with Gasteiger partial charge < -0.3 is 9.47 Å². The van der Waals surface area contributed by atoms with E-state index < -0.39 is 0 Å². The van der Waals surface area contributed by atoms with E-state index in [1.54, 1.807) is 0 Å². The monoisotopic (exact) mass is 346 g/mol. The SMILES string of the molecule is C/C(=C\COC1CCCCO1)CC/C=C(\C)CSc1ccccc1. The van der Waals surface area contributed by atoms with Crippen LogP contribution in [0.3, 0.4) is 0 Å². The molecule has 1 saturated heterocycles. The van der Waals surface area contributed by atoms with Gasteiger partial charge in [-0.05, 0) is 58.1 Å². The van der Waals surface area contributed by atoms with Crippen LogP contribution in [0, 0.1) is 0 Å². The molecule has 3 heteroatoms. The Morgan fingerprint density at radius 2 is 2.00 bits per heavy atom. The van der Waals surface area contributed by atoms with E-state index in [-0.39, 0.29) is 6.29 Å². The van der Waals surface area contributed by atoms with E-state index in [0.29, 0.717) is 6.61 Å². The predicted octanol–water partition coefficient (Wildman–Crippen LogP) is 5.99. The van der Waals surface area contributed by atoms with Gasteiger partial charge in [0.05, 0.1) is 6.61 Å². The second kappa shape index (κ2) is 11.5. The van der Waals surface area contributed by atoms with Crippen molar-refractivity contribution in [1.29, 1.82) is 0 Å². The Balaban J connectivity index is 1.59. The molecule has 0 radical (unpaired) electrons. The molecule has 1 aliphatic heterocycles. The number of hydrogen-bond acceptors (Lipinski definition) is 3. The Morgan fingerprint density at radius 3 is 2.75 bits per heavy atom. The summed E-state index contributed by atoms with van der Waals surface area (Å²) in [5.41, 5.74) is 2.84. The molecule has 24 heavy (non-hydrogen) atoms. The first kappa shape index (κ1) is 19.3. The average molecular weight is 347 g/mol. The number of ether oxygens (including phenoxy) is 2. The van der Waals surface area contributed by atoms with Gasteiger partial charge >= 0.3 is 0 Å². The van der Waals surface area contributed by atoms with Crippen LogP contribution in [0.25, 0.3) is 0 Å². The third-order valence-corrected chi connectivity index (χ3v) is 5.30. The Hall–Kier alpha value is -1.03. The van der Waals surface area contributed by atoms with Crippen molar-refractivity contribution in [2.75, 3.05) is 19.0 Å². The van der Waals surface area contributed by atoms with Gasteiger partial charge in [0.15, 0.2) is 6.29 Å². The minimum atomic E-state index is 0.0138. The fourth-order valence-electron chi connectivity index (χ4n) is 2.56. The Bertz CT molecular complexity index is 516. The molecular weight excluding hydrogens is 316 g/mol. The topological polar surface area (TPSA) is 18.5 Å².